The van der Waals surface area contributed by atoms with Crippen LogP contribution in [0.25, 0.3) is 0 Å². The Bertz CT molecular complexity index is 710. The molecule has 1 heterocycles. The Balaban J connectivity index is 2.40. The van der Waals surface area contributed by atoms with E-state index in [2.05, 4.69) is 14.2 Å². The highest BCUT2D eigenvalue weighted by Crippen LogP contribution is 2.23. The minimum Gasteiger partial charge on any atom is -0.465 e. The quantitative estimate of drug-likeness (QED) is 0.801. The Kier molecular flexibility index (Phi) is 5.22. The van der Waals surface area contributed by atoms with Gasteiger partial charge in [0.2, 0.25) is 0 Å². The standard InChI is InChI=1S/C14H18N2O6S/c1-21-13(17)10-5-6-11(14(18)22-2)12(9-10)15-23(19,20)16-7-3-4-8-16/h5-6,9,15H,3-4,7-8H2,1-2H3. The van der Waals surface area contributed by atoms with E-state index < -0.39 is 22.1 Å². The summed E-state index contributed by atoms with van der Waals surface area (Å²) in [5.74, 6) is -1.34. The highest BCUT2D eigenvalue weighted by atomic mass is 32.2. The smallest absolute Gasteiger partial charge is 0.339 e. The number of benzene rings is 1. The van der Waals surface area contributed by atoms with Gasteiger partial charge in [0.1, 0.15) is 0 Å². The van der Waals surface area contributed by atoms with Crippen molar-refractivity contribution in [1.29, 1.82) is 0 Å². The van der Waals surface area contributed by atoms with Crippen LogP contribution in [0.3, 0.4) is 0 Å². The average molecular weight is 342 g/mol. The molecule has 126 valence electrons. The van der Waals surface area contributed by atoms with Gasteiger partial charge in [-0.3, -0.25) is 4.72 Å². The Labute approximate surface area is 134 Å². The number of hydrogen-bond acceptors (Lipinski definition) is 6. The van der Waals surface area contributed by atoms with E-state index >= 15 is 0 Å². The zero-order valence-corrected chi connectivity index (χ0v) is 13.7. The van der Waals surface area contributed by atoms with Crippen LogP contribution < -0.4 is 4.72 Å². The molecule has 1 aliphatic rings. The first kappa shape index (κ1) is 17.2. The van der Waals surface area contributed by atoms with E-state index in [9.17, 15) is 18.0 Å². The predicted octanol–water partition coefficient (Wildman–Crippen LogP) is 1.01. The number of anilines is 1. The van der Waals surface area contributed by atoms with Crippen molar-refractivity contribution in [2.45, 2.75) is 12.8 Å². The summed E-state index contributed by atoms with van der Waals surface area (Å²) in [6, 6.07) is 3.94. The summed E-state index contributed by atoms with van der Waals surface area (Å²) in [5.41, 5.74) is 0.119. The van der Waals surface area contributed by atoms with Gasteiger partial charge in [0.25, 0.3) is 0 Å². The molecule has 1 aromatic rings. The van der Waals surface area contributed by atoms with Gasteiger partial charge >= 0.3 is 22.1 Å². The molecule has 0 aromatic heterocycles. The van der Waals surface area contributed by atoms with Crippen LogP contribution in [0, 0.1) is 0 Å². The van der Waals surface area contributed by atoms with E-state index in [0.717, 1.165) is 12.8 Å². The van der Waals surface area contributed by atoms with Crippen molar-refractivity contribution in [3.8, 4) is 0 Å². The molecule has 0 atom stereocenters. The number of carbonyl (C=O) groups is 2. The fourth-order valence-corrected chi connectivity index (χ4v) is 3.61. The van der Waals surface area contributed by atoms with Crippen molar-refractivity contribution >= 4 is 27.8 Å². The molecule has 2 rings (SSSR count). The van der Waals surface area contributed by atoms with Gasteiger partial charge in [-0.25, -0.2) is 9.59 Å². The summed E-state index contributed by atoms with van der Waals surface area (Å²) in [6.45, 7) is 0.833. The second kappa shape index (κ2) is 6.97. The number of nitrogens with zero attached hydrogens (tertiary/aromatic N) is 1. The SMILES string of the molecule is COC(=O)c1ccc(C(=O)OC)c(NS(=O)(=O)N2CCCC2)c1. The third-order valence-corrected chi connectivity index (χ3v) is 5.01. The molecule has 23 heavy (non-hydrogen) atoms. The van der Waals surface area contributed by atoms with E-state index in [1.165, 1.54) is 36.7 Å². The highest BCUT2D eigenvalue weighted by Gasteiger charge is 2.27. The predicted molar refractivity (Wildman–Crippen MR) is 82.5 cm³/mol. The summed E-state index contributed by atoms with van der Waals surface area (Å²) in [4.78, 5) is 23.4. The Morgan fingerprint density at radius 1 is 1.09 bits per heavy atom. The van der Waals surface area contributed by atoms with Crippen LogP contribution >= 0.6 is 0 Å². The van der Waals surface area contributed by atoms with Crippen LogP contribution in [0.1, 0.15) is 33.6 Å². The average Bonchev–Trinajstić information content (AvgIpc) is 3.08. The normalized spacial score (nSPS) is 15.2. The molecule has 0 aliphatic carbocycles. The molecule has 0 amide bonds. The third kappa shape index (κ3) is 3.80. The van der Waals surface area contributed by atoms with Gasteiger partial charge in [0, 0.05) is 13.1 Å². The molecule has 8 nitrogen and oxygen atoms in total. The van der Waals surface area contributed by atoms with Gasteiger partial charge in [-0.05, 0) is 31.0 Å². The van der Waals surface area contributed by atoms with E-state index in [-0.39, 0.29) is 16.8 Å². The molecule has 0 unspecified atom stereocenters. The molecule has 1 aromatic carbocycles. The Morgan fingerprint density at radius 3 is 2.26 bits per heavy atom. The summed E-state index contributed by atoms with van der Waals surface area (Å²) >= 11 is 0. The van der Waals surface area contributed by atoms with Crippen LogP contribution in [0.2, 0.25) is 0 Å². The third-order valence-electron chi connectivity index (χ3n) is 3.49. The molecular weight excluding hydrogens is 324 g/mol. The highest BCUT2D eigenvalue weighted by molar-refractivity contribution is 7.90. The summed E-state index contributed by atoms with van der Waals surface area (Å²) < 4.78 is 37.6. The van der Waals surface area contributed by atoms with Gasteiger partial charge in [-0.1, -0.05) is 0 Å². The van der Waals surface area contributed by atoms with Gasteiger partial charge in [-0.15, -0.1) is 0 Å². The Morgan fingerprint density at radius 2 is 1.70 bits per heavy atom. The lowest BCUT2D eigenvalue weighted by molar-refractivity contribution is 0.0587. The van der Waals surface area contributed by atoms with Crippen LogP contribution in [-0.2, 0) is 19.7 Å². The number of methoxy groups -OCH3 is 2. The fourth-order valence-electron chi connectivity index (χ4n) is 2.29. The maximum Gasteiger partial charge on any atom is 0.339 e. The number of ether oxygens (including phenoxy) is 2. The lowest BCUT2D eigenvalue weighted by atomic mass is 10.1. The number of hydrogen-bond donors (Lipinski definition) is 1. The van der Waals surface area contributed by atoms with Crippen LogP contribution in [0.4, 0.5) is 5.69 Å². The largest absolute Gasteiger partial charge is 0.465 e. The number of carbonyl (C=O) groups excluding carboxylic acids is 2. The van der Waals surface area contributed by atoms with Gasteiger partial charge in [-0.2, -0.15) is 12.7 Å². The number of nitrogens with one attached hydrogen (secondary N) is 1. The van der Waals surface area contributed by atoms with Crippen molar-refractivity contribution in [3.63, 3.8) is 0 Å². The summed E-state index contributed by atoms with van der Waals surface area (Å²) in [6.07, 6.45) is 1.57. The Hall–Kier alpha value is -2.13. The first-order valence-corrected chi connectivity index (χ1v) is 8.41. The molecule has 9 heteroatoms. The molecule has 1 saturated heterocycles. The fraction of sp³-hybridized carbons (Fsp3) is 0.429. The molecule has 0 spiro atoms. The topological polar surface area (TPSA) is 102 Å². The zero-order chi connectivity index (χ0) is 17.0. The van der Waals surface area contributed by atoms with Crippen molar-refractivity contribution in [2.24, 2.45) is 0 Å². The van der Waals surface area contributed by atoms with E-state index in [1.807, 2.05) is 0 Å². The molecule has 0 bridgehead atoms. The minimum absolute atomic E-state index is 0.0166. The molecule has 0 saturated carbocycles. The lowest BCUT2D eigenvalue weighted by Crippen LogP contribution is -2.34. The first-order valence-electron chi connectivity index (χ1n) is 6.97. The van der Waals surface area contributed by atoms with Crippen molar-refractivity contribution in [2.75, 3.05) is 32.0 Å². The lowest BCUT2D eigenvalue weighted by Gasteiger charge is -2.18. The second-order valence-corrected chi connectivity index (χ2v) is 6.63. The van der Waals surface area contributed by atoms with E-state index in [1.54, 1.807) is 0 Å². The minimum atomic E-state index is -3.80. The van der Waals surface area contributed by atoms with Crippen LogP contribution in [0.15, 0.2) is 18.2 Å². The van der Waals surface area contributed by atoms with Crippen LogP contribution in [0.5, 0.6) is 0 Å². The maximum atomic E-state index is 12.4. The number of rotatable bonds is 5. The molecular formula is C14H18N2O6S. The first-order chi connectivity index (χ1) is 10.9. The monoisotopic (exact) mass is 342 g/mol. The van der Waals surface area contributed by atoms with Gasteiger partial charge in [0.05, 0.1) is 31.0 Å². The molecule has 1 aliphatic heterocycles. The summed E-state index contributed by atoms with van der Waals surface area (Å²) in [5, 5.41) is 0. The molecule has 0 radical (unpaired) electrons. The van der Waals surface area contributed by atoms with Gasteiger partial charge < -0.3 is 9.47 Å². The van der Waals surface area contributed by atoms with Gasteiger partial charge in [0.15, 0.2) is 0 Å². The zero-order valence-electron chi connectivity index (χ0n) is 12.9. The van der Waals surface area contributed by atoms with Crippen molar-refractivity contribution in [1.82, 2.24) is 4.31 Å². The number of esters is 2. The van der Waals surface area contributed by atoms with Crippen LogP contribution in [-0.4, -0.2) is 52.0 Å². The van der Waals surface area contributed by atoms with Crippen molar-refractivity contribution < 1.29 is 27.5 Å². The molecule has 1 N–H and O–H groups in total. The summed E-state index contributed by atoms with van der Waals surface area (Å²) in [7, 11) is -1.40. The van der Waals surface area contributed by atoms with Crippen molar-refractivity contribution in [3.05, 3.63) is 29.3 Å². The maximum absolute atomic E-state index is 12.4. The van der Waals surface area contributed by atoms with E-state index in [4.69, 9.17) is 0 Å². The second-order valence-electron chi connectivity index (χ2n) is 4.96. The molecule has 1 fully saturated rings. The van der Waals surface area contributed by atoms with E-state index in [0.29, 0.717) is 13.1 Å².